The molecule has 11 heteroatoms. The number of hydrogen-bond donors (Lipinski definition) is 2. The fourth-order valence-corrected chi connectivity index (χ4v) is 5.14. The zero-order valence-corrected chi connectivity index (χ0v) is 28.7. The van der Waals surface area contributed by atoms with Gasteiger partial charge in [-0.1, -0.05) is 69.0 Å². The van der Waals surface area contributed by atoms with Crippen molar-refractivity contribution in [2.24, 2.45) is 0 Å². The molecule has 0 unspecified atom stereocenters. The van der Waals surface area contributed by atoms with Crippen LogP contribution in [0.25, 0.3) is 0 Å². The highest BCUT2D eigenvalue weighted by Gasteiger charge is 2.24. The molecular formula is C40H42F2N2O7. The molecule has 0 aliphatic rings. The second-order valence-electron chi connectivity index (χ2n) is 12.2. The van der Waals surface area contributed by atoms with E-state index in [1.54, 1.807) is 60.7 Å². The molecule has 2 N–H and O–H groups in total. The van der Waals surface area contributed by atoms with Crippen LogP contribution in [0, 0.1) is 0 Å². The minimum absolute atomic E-state index is 0.0172. The quantitative estimate of drug-likeness (QED) is 0.0433. The van der Waals surface area contributed by atoms with Crippen molar-refractivity contribution < 1.29 is 42.5 Å². The molecule has 0 saturated carbocycles. The second kappa shape index (κ2) is 18.4. The highest BCUT2D eigenvalue weighted by atomic mass is 19.3. The van der Waals surface area contributed by atoms with E-state index in [-0.39, 0.29) is 41.3 Å². The average Bonchev–Trinajstić information content (AvgIpc) is 3.12. The maximum atomic E-state index is 13.5. The average molecular weight is 701 g/mol. The Bertz CT molecular complexity index is 1750. The van der Waals surface area contributed by atoms with Gasteiger partial charge in [-0.05, 0) is 72.6 Å². The van der Waals surface area contributed by atoms with Gasteiger partial charge in [-0.25, -0.2) is 13.6 Å². The Kier molecular flexibility index (Phi) is 13.8. The summed E-state index contributed by atoms with van der Waals surface area (Å²) in [5, 5.41) is 12.4. The molecule has 4 aromatic rings. The molecular weight excluding hydrogens is 658 g/mol. The number of alkyl halides is 2. The first kappa shape index (κ1) is 38.2. The Morgan fingerprint density at radius 1 is 0.745 bits per heavy atom. The van der Waals surface area contributed by atoms with Crippen LogP contribution in [0.5, 0.6) is 11.5 Å². The number of ether oxygens (including phenoxy) is 2. The number of aliphatic carboxylic acids is 1. The van der Waals surface area contributed by atoms with Crippen LogP contribution < -0.4 is 14.8 Å². The van der Waals surface area contributed by atoms with Crippen LogP contribution >= 0.6 is 0 Å². The second-order valence-corrected chi connectivity index (χ2v) is 12.2. The molecule has 0 bridgehead atoms. The molecule has 0 fully saturated rings. The van der Waals surface area contributed by atoms with Gasteiger partial charge < -0.3 is 24.8 Å². The molecule has 0 aromatic heterocycles. The number of esters is 1. The molecule has 0 aliphatic carbocycles. The lowest BCUT2D eigenvalue weighted by Crippen LogP contribution is -2.35. The Morgan fingerprint density at radius 3 is 1.94 bits per heavy atom. The third-order valence-corrected chi connectivity index (χ3v) is 8.03. The molecule has 0 saturated heterocycles. The van der Waals surface area contributed by atoms with Crippen LogP contribution in [0.2, 0.25) is 0 Å². The maximum Gasteiger partial charge on any atom is 0.343 e. The molecule has 4 rings (SSSR count). The number of ketones is 1. The number of unbranched alkanes of at least 4 members (excludes halogenated alkanes) is 4. The first-order valence-electron chi connectivity index (χ1n) is 16.8. The molecule has 268 valence electrons. The summed E-state index contributed by atoms with van der Waals surface area (Å²) in [5.41, 5.74) is 1.83. The summed E-state index contributed by atoms with van der Waals surface area (Å²) in [4.78, 5) is 51.3. The highest BCUT2D eigenvalue weighted by Crippen LogP contribution is 2.27. The van der Waals surface area contributed by atoms with Gasteiger partial charge in [0.15, 0.2) is 5.78 Å². The van der Waals surface area contributed by atoms with E-state index in [2.05, 4.69) is 12.2 Å². The fourth-order valence-electron chi connectivity index (χ4n) is 5.14. The Labute approximate surface area is 296 Å². The van der Waals surface area contributed by atoms with Crippen molar-refractivity contribution in [3.8, 4) is 11.5 Å². The van der Waals surface area contributed by atoms with Crippen molar-refractivity contribution in [1.82, 2.24) is 4.90 Å². The van der Waals surface area contributed by atoms with Gasteiger partial charge in [-0.15, -0.1) is 0 Å². The minimum Gasteiger partial charge on any atom is -0.494 e. The van der Waals surface area contributed by atoms with Crippen molar-refractivity contribution in [3.63, 3.8) is 0 Å². The van der Waals surface area contributed by atoms with Crippen LogP contribution in [0.1, 0.15) is 88.2 Å². The highest BCUT2D eigenvalue weighted by molar-refractivity contribution is 5.99. The molecule has 0 heterocycles. The zero-order chi connectivity index (χ0) is 36.8. The van der Waals surface area contributed by atoms with E-state index in [4.69, 9.17) is 9.47 Å². The van der Waals surface area contributed by atoms with Crippen LogP contribution in [-0.2, 0) is 17.3 Å². The standard InChI is InChI=1S/C40H42F2N2O7/c1-3-4-5-6-7-24-50-34-22-14-31(15-23-34)39(49)51-35-20-8-28(9-21-35)26-44(27-37(46)47)38(48)30-12-18-33(19-13-30)43-25-36(45)29-10-16-32(17-11-29)40(2,41)42/h8-23,43H,3-7,24-27H2,1-2H3,(H,46,47). The summed E-state index contributed by atoms with van der Waals surface area (Å²) in [7, 11) is 0. The number of hydrogen-bond acceptors (Lipinski definition) is 7. The minimum atomic E-state index is -3.00. The van der Waals surface area contributed by atoms with E-state index in [0.717, 1.165) is 19.8 Å². The van der Waals surface area contributed by atoms with Crippen molar-refractivity contribution in [3.05, 3.63) is 125 Å². The first-order valence-corrected chi connectivity index (χ1v) is 16.8. The largest absolute Gasteiger partial charge is 0.494 e. The Hall–Kier alpha value is -5.58. The normalized spacial score (nSPS) is 11.1. The van der Waals surface area contributed by atoms with Crippen molar-refractivity contribution >= 4 is 29.3 Å². The topological polar surface area (TPSA) is 122 Å². The molecule has 51 heavy (non-hydrogen) atoms. The maximum absolute atomic E-state index is 13.5. The summed E-state index contributed by atoms with van der Waals surface area (Å²) in [5.74, 6) is -4.60. The van der Waals surface area contributed by atoms with Gasteiger partial charge >= 0.3 is 11.9 Å². The van der Waals surface area contributed by atoms with Gasteiger partial charge in [-0.2, -0.15) is 0 Å². The summed E-state index contributed by atoms with van der Waals surface area (Å²) in [6, 6.07) is 24.5. The van der Waals surface area contributed by atoms with Crippen LogP contribution in [-0.4, -0.2) is 53.3 Å². The van der Waals surface area contributed by atoms with E-state index >= 15 is 0 Å². The molecule has 1 amide bonds. The van der Waals surface area contributed by atoms with E-state index in [0.29, 0.717) is 29.2 Å². The number of nitrogens with one attached hydrogen (secondary N) is 1. The lowest BCUT2D eigenvalue weighted by molar-refractivity contribution is -0.137. The van der Waals surface area contributed by atoms with Crippen LogP contribution in [0.4, 0.5) is 14.5 Å². The number of anilines is 1. The van der Waals surface area contributed by atoms with Gasteiger partial charge in [0, 0.05) is 35.8 Å². The van der Waals surface area contributed by atoms with E-state index in [1.807, 2.05) is 0 Å². The summed E-state index contributed by atoms with van der Waals surface area (Å²) < 4.78 is 38.2. The predicted molar refractivity (Wildman–Crippen MR) is 190 cm³/mol. The Morgan fingerprint density at radius 2 is 1.33 bits per heavy atom. The van der Waals surface area contributed by atoms with E-state index in [1.165, 1.54) is 60.6 Å². The summed E-state index contributed by atoms with van der Waals surface area (Å²) >= 11 is 0. The number of halogens is 2. The monoisotopic (exact) mass is 700 g/mol. The van der Waals surface area contributed by atoms with Gasteiger partial charge in [0.05, 0.1) is 18.7 Å². The number of carbonyl (C=O) groups excluding carboxylic acids is 3. The lowest BCUT2D eigenvalue weighted by Gasteiger charge is -2.21. The number of nitrogens with zero attached hydrogens (tertiary/aromatic N) is 1. The van der Waals surface area contributed by atoms with Crippen molar-refractivity contribution in [1.29, 1.82) is 0 Å². The number of carboxylic acids is 1. The van der Waals surface area contributed by atoms with E-state index < -0.39 is 30.3 Å². The molecule has 0 radical (unpaired) electrons. The fraction of sp³-hybridized carbons (Fsp3) is 0.300. The number of benzene rings is 4. The number of carboxylic acid groups (broad SMARTS) is 1. The van der Waals surface area contributed by atoms with Gasteiger partial charge in [0.2, 0.25) is 0 Å². The SMILES string of the molecule is CCCCCCCOc1ccc(C(=O)Oc2ccc(CN(CC(=O)O)C(=O)c3ccc(NCC(=O)c4ccc(C(C)(F)F)cc4)cc3)cc2)cc1. The third-order valence-electron chi connectivity index (χ3n) is 8.03. The van der Waals surface area contributed by atoms with Crippen LogP contribution in [0.3, 0.4) is 0 Å². The van der Waals surface area contributed by atoms with Gasteiger partial charge in [0.1, 0.15) is 18.0 Å². The first-order chi connectivity index (χ1) is 24.4. The molecule has 0 atom stereocenters. The van der Waals surface area contributed by atoms with Gasteiger partial charge in [0.25, 0.3) is 11.8 Å². The lowest BCUT2D eigenvalue weighted by atomic mass is 10.0. The van der Waals surface area contributed by atoms with Crippen molar-refractivity contribution in [2.75, 3.05) is 25.0 Å². The van der Waals surface area contributed by atoms with Gasteiger partial charge in [-0.3, -0.25) is 14.4 Å². The summed E-state index contributed by atoms with van der Waals surface area (Å²) in [6.07, 6.45) is 5.70. The third kappa shape index (κ3) is 12.1. The number of Topliss-reactive ketones (excluding diaryl/α,β-unsaturated/α-hetero) is 1. The smallest absolute Gasteiger partial charge is 0.343 e. The summed E-state index contributed by atoms with van der Waals surface area (Å²) in [6.45, 7) is 2.91. The predicted octanol–water partition coefficient (Wildman–Crippen LogP) is 8.39. The van der Waals surface area contributed by atoms with Crippen molar-refractivity contribution in [2.45, 2.75) is 58.4 Å². The zero-order valence-electron chi connectivity index (χ0n) is 28.7. The number of rotatable bonds is 19. The number of carbonyl (C=O) groups is 4. The molecule has 0 aliphatic heterocycles. The molecule has 4 aromatic carbocycles. The number of amides is 1. The molecule has 9 nitrogen and oxygen atoms in total. The Balaban J connectivity index is 1.29. The van der Waals surface area contributed by atoms with Crippen LogP contribution in [0.15, 0.2) is 97.1 Å². The van der Waals surface area contributed by atoms with E-state index in [9.17, 15) is 33.1 Å². The molecule has 0 spiro atoms.